The number of rotatable bonds is 5. The van der Waals surface area contributed by atoms with Crippen LogP contribution in [0.5, 0.6) is 0 Å². The van der Waals surface area contributed by atoms with Crippen LogP contribution in [0.4, 0.5) is 0 Å². The molecule has 0 fully saturated rings. The Hall–Kier alpha value is -1.24. The maximum absolute atomic E-state index is 11.3. The first kappa shape index (κ1) is 14.2. The summed E-state index contributed by atoms with van der Waals surface area (Å²) in [6.45, 7) is 5.48. The molecule has 3 atom stereocenters. The Labute approximate surface area is 114 Å². The molecule has 6 heteroatoms. The zero-order chi connectivity index (χ0) is 14.0. The van der Waals surface area contributed by atoms with Crippen molar-refractivity contribution in [2.45, 2.75) is 38.2 Å². The van der Waals surface area contributed by atoms with E-state index < -0.39 is 22.4 Å². The van der Waals surface area contributed by atoms with E-state index in [1.54, 1.807) is 6.92 Å². The second kappa shape index (κ2) is 5.81. The lowest BCUT2D eigenvalue weighted by Crippen LogP contribution is -2.25. The summed E-state index contributed by atoms with van der Waals surface area (Å²) >= 11 is -1.95. The maximum atomic E-state index is 11.3. The van der Waals surface area contributed by atoms with Crippen molar-refractivity contribution in [3.05, 3.63) is 36.3 Å². The predicted octanol–water partition coefficient (Wildman–Crippen LogP) is 2.41. The Balaban J connectivity index is 2.38. The van der Waals surface area contributed by atoms with Gasteiger partial charge < -0.3 is 13.7 Å². The van der Waals surface area contributed by atoms with E-state index in [-0.39, 0.29) is 6.10 Å². The second-order valence-corrected chi connectivity index (χ2v) is 6.01. The predicted molar refractivity (Wildman–Crippen MR) is 74.4 cm³/mol. The van der Waals surface area contributed by atoms with Gasteiger partial charge in [-0.2, -0.15) is 0 Å². The summed E-state index contributed by atoms with van der Waals surface area (Å²) in [5.41, 5.74) is 1.47. The number of hydrogen-bond donors (Lipinski definition) is 1. The van der Waals surface area contributed by atoms with Crippen molar-refractivity contribution in [2.75, 3.05) is 0 Å². The largest absolute Gasteiger partial charge is 0.368 e. The zero-order valence-corrected chi connectivity index (χ0v) is 12.0. The van der Waals surface area contributed by atoms with Gasteiger partial charge in [0.2, 0.25) is 0 Å². The third-order valence-electron chi connectivity index (χ3n) is 2.84. The van der Waals surface area contributed by atoms with E-state index in [4.69, 9.17) is 4.74 Å². The normalized spacial score (nSPS) is 16.7. The van der Waals surface area contributed by atoms with Crippen LogP contribution in [0.25, 0.3) is 5.65 Å². The molecule has 0 radical (unpaired) electrons. The number of aromatic nitrogens is 2. The molecule has 0 saturated heterocycles. The van der Waals surface area contributed by atoms with Crippen LogP contribution < -0.4 is 0 Å². The average molecular weight is 282 g/mol. The fourth-order valence-electron chi connectivity index (χ4n) is 1.91. The van der Waals surface area contributed by atoms with E-state index >= 15 is 0 Å². The van der Waals surface area contributed by atoms with Crippen LogP contribution in [0.1, 0.15) is 32.6 Å². The number of ether oxygens (including phenoxy) is 1. The number of hydrogen-bond acceptors (Lipinski definition) is 3. The summed E-state index contributed by atoms with van der Waals surface area (Å²) < 4.78 is 28.2. The first-order valence-corrected chi connectivity index (χ1v) is 7.34. The summed E-state index contributed by atoms with van der Waals surface area (Å²) in [5, 5.41) is -0.535. The van der Waals surface area contributed by atoms with Gasteiger partial charge in [-0.1, -0.05) is 6.07 Å². The zero-order valence-electron chi connectivity index (χ0n) is 11.2. The first-order chi connectivity index (χ1) is 8.99. The smallest absolute Gasteiger partial charge is 0.158 e. The molecule has 0 saturated carbocycles. The molecule has 0 spiro atoms. The number of nitrogens with zero attached hydrogens (tertiary/aromatic N) is 2. The van der Waals surface area contributed by atoms with Crippen LogP contribution in [-0.4, -0.2) is 29.5 Å². The van der Waals surface area contributed by atoms with Crippen LogP contribution in [0, 0.1) is 0 Å². The van der Waals surface area contributed by atoms with Crippen molar-refractivity contribution in [3.63, 3.8) is 0 Å². The number of imidazole rings is 1. The van der Waals surface area contributed by atoms with Gasteiger partial charge in [-0.05, 0) is 32.9 Å². The van der Waals surface area contributed by atoms with Crippen LogP contribution in [0.3, 0.4) is 0 Å². The Morgan fingerprint density at radius 1 is 1.37 bits per heavy atom. The highest BCUT2D eigenvalue weighted by molar-refractivity contribution is 7.79. The standard InChI is InChI=1S/C13H18N2O3S/c1-9(2)18-13(10(3)19(16)17)11-8-15-7-5-4-6-12(15)14-11/h4-10,13H,1-3H3,(H,16,17)/t10-,13+/m1/s1. The molecule has 2 rings (SSSR count). The van der Waals surface area contributed by atoms with Gasteiger partial charge in [-0.3, -0.25) is 0 Å². The van der Waals surface area contributed by atoms with E-state index in [1.165, 1.54) is 0 Å². The van der Waals surface area contributed by atoms with Gasteiger partial charge in [0, 0.05) is 12.4 Å². The molecule has 0 aliphatic rings. The van der Waals surface area contributed by atoms with Crippen molar-refractivity contribution < 1.29 is 13.5 Å². The maximum Gasteiger partial charge on any atom is 0.158 e. The molecule has 2 aromatic rings. The molecular weight excluding hydrogens is 264 g/mol. The summed E-state index contributed by atoms with van der Waals surface area (Å²) in [6, 6.07) is 5.69. The number of pyridine rings is 1. The van der Waals surface area contributed by atoms with Crippen molar-refractivity contribution in [3.8, 4) is 0 Å². The molecule has 1 N–H and O–H groups in total. The van der Waals surface area contributed by atoms with Crippen LogP contribution in [-0.2, 0) is 15.8 Å². The van der Waals surface area contributed by atoms with Gasteiger partial charge in [0.25, 0.3) is 0 Å². The summed E-state index contributed by atoms with van der Waals surface area (Å²) in [5.74, 6) is 0. The van der Waals surface area contributed by atoms with Crippen molar-refractivity contribution in [1.29, 1.82) is 0 Å². The third kappa shape index (κ3) is 3.20. The lowest BCUT2D eigenvalue weighted by molar-refractivity contribution is 0.00419. The highest BCUT2D eigenvalue weighted by atomic mass is 32.2. The van der Waals surface area contributed by atoms with Crippen LogP contribution in [0.2, 0.25) is 0 Å². The molecule has 0 aliphatic heterocycles. The molecule has 19 heavy (non-hydrogen) atoms. The number of fused-ring (bicyclic) bond motifs is 1. The summed E-state index contributed by atoms with van der Waals surface area (Å²) in [7, 11) is 0. The van der Waals surface area contributed by atoms with Crippen LogP contribution >= 0.6 is 0 Å². The van der Waals surface area contributed by atoms with Crippen molar-refractivity contribution in [1.82, 2.24) is 9.38 Å². The highest BCUT2D eigenvalue weighted by Gasteiger charge is 2.28. The summed E-state index contributed by atoms with van der Waals surface area (Å²) in [6.07, 6.45) is 3.19. The van der Waals surface area contributed by atoms with E-state index in [0.29, 0.717) is 5.69 Å². The van der Waals surface area contributed by atoms with Gasteiger partial charge in [-0.15, -0.1) is 0 Å². The molecule has 1 unspecified atom stereocenters. The van der Waals surface area contributed by atoms with Gasteiger partial charge in [0.1, 0.15) is 11.8 Å². The quantitative estimate of drug-likeness (QED) is 0.855. The topological polar surface area (TPSA) is 63.8 Å². The molecular formula is C13H18N2O3S. The minimum atomic E-state index is -1.95. The van der Waals surface area contributed by atoms with Gasteiger partial charge in [-0.25, -0.2) is 9.19 Å². The van der Waals surface area contributed by atoms with E-state index in [0.717, 1.165) is 5.65 Å². The fraction of sp³-hybridized carbons (Fsp3) is 0.462. The minimum absolute atomic E-state index is 0.0409. The summed E-state index contributed by atoms with van der Waals surface area (Å²) in [4.78, 5) is 4.46. The molecule has 5 nitrogen and oxygen atoms in total. The van der Waals surface area contributed by atoms with Gasteiger partial charge in [0.15, 0.2) is 11.1 Å². The highest BCUT2D eigenvalue weighted by Crippen LogP contribution is 2.25. The molecule has 0 bridgehead atoms. The van der Waals surface area contributed by atoms with Crippen molar-refractivity contribution >= 4 is 16.7 Å². The van der Waals surface area contributed by atoms with Crippen LogP contribution in [0.15, 0.2) is 30.6 Å². The van der Waals surface area contributed by atoms with Gasteiger partial charge in [0.05, 0.1) is 17.0 Å². The molecule has 2 aromatic heterocycles. The monoisotopic (exact) mass is 282 g/mol. The van der Waals surface area contributed by atoms with Crippen molar-refractivity contribution in [2.24, 2.45) is 0 Å². The van der Waals surface area contributed by atoms with E-state index in [2.05, 4.69) is 4.98 Å². The third-order valence-corrected chi connectivity index (χ3v) is 3.72. The molecule has 0 aliphatic carbocycles. The molecule has 104 valence electrons. The Bertz CT molecular complexity index is 549. The average Bonchev–Trinajstić information content (AvgIpc) is 2.78. The van der Waals surface area contributed by atoms with Gasteiger partial charge >= 0.3 is 0 Å². The Morgan fingerprint density at radius 2 is 2.11 bits per heavy atom. The molecule has 0 amide bonds. The fourth-order valence-corrected chi connectivity index (χ4v) is 2.33. The lowest BCUT2D eigenvalue weighted by atomic mass is 10.2. The minimum Gasteiger partial charge on any atom is -0.368 e. The molecule has 2 heterocycles. The SMILES string of the molecule is CC(C)O[C@H](c1cn2ccccc2n1)[C@@H](C)S(=O)O. The Kier molecular flexibility index (Phi) is 4.34. The second-order valence-electron chi connectivity index (χ2n) is 4.72. The Morgan fingerprint density at radius 3 is 2.68 bits per heavy atom. The molecule has 0 aromatic carbocycles. The van der Waals surface area contributed by atoms with E-state index in [9.17, 15) is 8.76 Å². The first-order valence-electron chi connectivity index (χ1n) is 6.17. The van der Waals surface area contributed by atoms with E-state index in [1.807, 2.05) is 48.8 Å². The lowest BCUT2D eigenvalue weighted by Gasteiger charge is -2.22.